The first-order valence-electron chi connectivity index (χ1n) is 12.1. The lowest BCUT2D eigenvalue weighted by molar-refractivity contribution is -0.127. The molecule has 1 fully saturated rings. The van der Waals surface area contributed by atoms with Crippen molar-refractivity contribution in [2.45, 2.75) is 51.1 Å². The topological polar surface area (TPSA) is 91.7 Å². The molecule has 0 saturated heterocycles. The molecule has 1 unspecified atom stereocenters. The average molecular weight is 474 g/mol. The van der Waals surface area contributed by atoms with Crippen LogP contribution in [0.4, 0.5) is 5.69 Å². The first-order valence-corrected chi connectivity index (χ1v) is 12.1. The van der Waals surface area contributed by atoms with Crippen LogP contribution in [0.25, 0.3) is 0 Å². The van der Waals surface area contributed by atoms with Gasteiger partial charge in [-0.25, -0.2) is 0 Å². The summed E-state index contributed by atoms with van der Waals surface area (Å²) < 4.78 is 5.13. The van der Waals surface area contributed by atoms with Crippen molar-refractivity contribution >= 4 is 23.4 Å². The lowest BCUT2D eigenvalue weighted by Gasteiger charge is -2.33. The highest BCUT2D eigenvalue weighted by atomic mass is 16.3. The van der Waals surface area contributed by atoms with Crippen LogP contribution in [-0.2, 0) is 9.59 Å². The summed E-state index contributed by atoms with van der Waals surface area (Å²) in [5.41, 5.74) is 2.25. The highest BCUT2D eigenvalue weighted by molar-refractivity contribution is 6.04. The molecule has 0 bridgehead atoms. The maximum atomic E-state index is 13.7. The molecular weight excluding hydrogens is 442 g/mol. The summed E-state index contributed by atoms with van der Waals surface area (Å²) in [4.78, 5) is 41.3. The number of carbonyl (C=O) groups excluding carboxylic acids is 3. The molecule has 7 heteroatoms. The Morgan fingerprint density at radius 2 is 1.74 bits per heavy atom. The summed E-state index contributed by atoms with van der Waals surface area (Å²) >= 11 is 0. The first-order chi connectivity index (χ1) is 17.0. The smallest absolute Gasteiger partial charge is 0.287 e. The minimum absolute atomic E-state index is 0.0931. The van der Waals surface area contributed by atoms with Crippen LogP contribution in [0, 0.1) is 6.92 Å². The summed E-state index contributed by atoms with van der Waals surface area (Å²) in [5, 5.41) is 5.81. The maximum Gasteiger partial charge on any atom is 0.287 e. The van der Waals surface area contributed by atoms with Crippen molar-refractivity contribution < 1.29 is 18.8 Å². The van der Waals surface area contributed by atoms with E-state index in [9.17, 15) is 14.4 Å². The van der Waals surface area contributed by atoms with Crippen molar-refractivity contribution in [2.24, 2.45) is 0 Å². The number of aryl methyl sites for hydroxylation is 1. The van der Waals surface area contributed by atoms with Gasteiger partial charge < -0.3 is 15.1 Å². The second-order valence-electron chi connectivity index (χ2n) is 8.92. The lowest BCUT2D eigenvalue weighted by atomic mass is 9.94. The van der Waals surface area contributed by atoms with Crippen molar-refractivity contribution in [2.75, 3.05) is 11.4 Å². The van der Waals surface area contributed by atoms with Crippen molar-refractivity contribution in [3.8, 4) is 0 Å². The lowest BCUT2D eigenvalue weighted by Crippen LogP contribution is -2.49. The fraction of sp³-hybridized carbons (Fsp3) is 0.321. The van der Waals surface area contributed by atoms with Gasteiger partial charge in [0, 0.05) is 11.7 Å². The molecule has 0 aliphatic heterocycles. The Balaban J connectivity index is 1.66. The molecule has 182 valence electrons. The second-order valence-corrected chi connectivity index (χ2v) is 8.92. The minimum Gasteiger partial charge on any atom is -0.459 e. The molecule has 0 radical (unpaired) electrons. The Morgan fingerprint density at radius 3 is 2.43 bits per heavy atom. The molecule has 1 aliphatic carbocycles. The van der Waals surface area contributed by atoms with Crippen LogP contribution in [0.3, 0.4) is 0 Å². The summed E-state index contributed by atoms with van der Waals surface area (Å²) in [6.07, 6.45) is 6.62. The van der Waals surface area contributed by atoms with E-state index >= 15 is 0 Å². The van der Waals surface area contributed by atoms with Gasteiger partial charge in [-0.3, -0.25) is 19.3 Å². The molecular formula is C28H31N3O4. The number of carbonyl (C=O) groups is 3. The van der Waals surface area contributed by atoms with Crippen molar-refractivity contribution in [3.63, 3.8) is 0 Å². The molecule has 7 nitrogen and oxygen atoms in total. The largest absolute Gasteiger partial charge is 0.459 e. The number of nitrogens with zero attached hydrogens (tertiary/aromatic N) is 1. The number of furan rings is 1. The Labute approximate surface area is 205 Å². The van der Waals surface area contributed by atoms with Gasteiger partial charge in [0.2, 0.25) is 11.8 Å². The zero-order chi connectivity index (χ0) is 24.6. The highest BCUT2D eigenvalue weighted by Gasteiger charge is 2.34. The van der Waals surface area contributed by atoms with Gasteiger partial charge in [0.15, 0.2) is 5.76 Å². The van der Waals surface area contributed by atoms with Crippen LogP contribution in [0.1, 0.15) is 59.8 Å². The van der Waals surface area contributed by atoms with E-state index in [-0.39, 0.29) is 24.3 Å². The number of rotatable bonds is 8. The van der Waals surface area contributed by atoms with E-state index in [1.807, 2.05) is 61.5 Å². The Bertz CT molecular complexity index is 1140. The van der Waals surface area contributed by atoms with Crippen molar-refractivity contribution in [1.82, 2.24) is 10.6 Å². The minimum atomic E-state index is -0.882. The molecule has 3 aromatic rings. The average Bonchev–Trinajstić information content (AvgIpc) is 3.42. The third kappa shape index (κ3) is 6.18. The van der Waals surface area contributed by atoms with Crippen LogP contribution in [-0.4, -0.2) is 30.3 Å². The van der Waals surface area contributed by atoms with E-state index in [1.54, 1.807) is 6.07 Å². The molecule has 4 rings (SSSR count). The van der Waals surface area contributed by atoms with E-state index < -0.39 is 17.9 Å². The zero-order valence-electron chi connectivity index (χ0n) is 19.9. The van der Waals surface area contributed by atoms with Crippen LogP contribution in [0.5, 0.6) is 0 Å². The summed E-state index contributed by atoms with van der Waals surface area (Å²) in [6, 6.07) is 19.1. The SMILES string of the molecule is Cc1cccc(N(C(=O)CNC(=O)c2ccco2)C(C(=O)NC2CCCCC2)c2ccccc2)c1. The van der Waals surface area contributed by atoms with Crippen molar-refractivity contribution in [1.29, 1.82) is 0 Å². The number of nitrogens with one attached hydrogen (secondary N) is 2. The molecule has 1 heterocycles. The molecule has 1 aliphatic rings. The van der Waals surface area contributed by atoms with Gasteiger partial charge in [-0.1, -0.05) is 61.7 Å². The van der Waals surface area contributed by atoms with Gasteiger partial charge in [-0.05, 0) is 55.2 Å². The standard InChI is InChI=1S/C28H31N3O4/c1-20-10-8-15-23(18-20)31(25(32)19-29-27(33)24-16-9-17-35-24)26(21-11-4-2-5-12-21)28(34)30-22-13-6-3-7-14-22/h2,4-5,8-12,15-18,22,26H,3,6-7,13-14,19H2,1H3,(H,29,33)(H,30,34). The second kappa shape index (κ2) is 11.5. The number of benzene rings is 2. The predicted molar refractivity (Wildman–Crippen MR) is 134 cm³/mol. The van der Waals surface area contributed by atoms with E-state index in [0.717, 1.165) is 31.2 Å². The van der Waals surface area contributed by atoms with E-state index in [0.29, 0.717) is 11.3 Å². The van der Waals surface area contributed by atoms with Crippen molar-refractivity contribution in [3.05, 3.63) is 89.9 Å². The zero-order valence-corrected chi connectivity index (χ0v) is 19.9. The Hall–Kier alpha value is -3.87. The number of amides is 3. The van der Waals surface area contributed by atoms with Gasteiger partial charge >= 0.3 is 0 Å². The normalized spacial score (nSPS) is 14.7. The van der Waals surface area contributed by atoms with E-state index in [2.05, 4.69) is 10.6 Å². The van der Waals surface area contributed by atoms with Gasteiger partial charge in [0.05, 0.1) is 12.8 Å². The summed E-state index contributed by atoms with van der Waals surface area (Å²) in [7, 11) is 0. The quantitative estimate of drug-likeness (QED) is 0.502. The molecule has 0 spiro atoms. The fourth-order valence-electron chi connectivity index (χ4n) is 4.53. The molecule has 2 N–H and O–H groups in total. The first kappa shape index (κ1) is 24.3. The number of hydrogen-bond donors (Lipinski definition) is 2. The fourth-order valence-corrected chi connectivity index (χ4v) is 4.53. The predicted octanol–water partition coefficient (Wildman–Crippen LogP) is 4.54. The van der Waals surface area contributed by atoms with Crippen LogP contribution < -0.4 is 15.5 Å². The van der Waals surface area contributed by atoms with Crippen LogP contribution >= 0.6 is 0 Å². The molecule has 1 saturated carbocycles. The van der Waals surface area contributed by atoms with Crippen LogP contribution in [0.2, 0.25) is 0 Å². The Kier molecular flexibility index (Phi) is 7.98. The van der Waals surface area contributed by atoms with E-state index in [4.69, 9.17) is 4.42 Å². The Morgan fingerprint density at radius 1 is 0.971 bits per heavy atom. The number of anilines is 1. The third-order valence-electron chi connectivity index (χ3n) is 6.27. The molecule has 35 heavy (non-hydrogen) atoms. The maximum absolute atomic E-state index is 13.7. The molecule has 3 amide bonds. The van der Waals surface area contributed by atoms with Gasteiger partial charge in [-0.15, -0.1) is 0 Å². The monoisotopic (exact) mass is 473 g/mol. The molecule has 1 aromatic heterocycles. The van der Waals surface area contributed by atoms with Gasteiger partial charge in [-0.2, -0.15) is 0 Å². The number of hydrogen-bond acceptors (Lipinski definition) is 4. The van der Waals surface area contributed by atoms with E-state index in [1.165, 1.54) is 23.7 Å². The molecule has 2 aromatic carbocycles. The van der Waals surface area contributed by atoms with Gasteiger partial charge in [0.25, 0.3) is 5.91 Å². The highest BCUT2D eigenvalue weighted by Crippen LogP contribution is 2.29. The third-order valence-corrected chi connectivity index (χ3v) is 6.27. The summed E-state index contributed by atoms with van der Waals surface area (Å²) in [5.74, 6) is -0.997. The van der Waals surface area contributed by atoms with Crippen LogP contribution in [0.15, 0.2) is 77.4 Å². The summed E-state index contributed by atoms with van der Waals surface area (Å²) in [6.45, 7) is 1.65. The molecule has 1 atom stereocenters. The van der Waals surface area contributed by atoms with Gasteiger partial charge in [0.1, 0.15) is 6.04 Å².